The fourth-order valence-corrected chi connectivity index (χ4v) is 7.14. The Morgan fingerprint density at radius 2 is 0.898 bits per heavy atom. The summed E-state index contributed by atoms with van der Waals surface area (Å²) in [6.45, 7) is 0. The molecule has 26 heteroatoms. The summed E-state index contributed by atoms with van der Waals surface area (Å²) in [5, 5.41) is 48.9. The lowest BCUT2D eigenvalue weighted by molar-refractivity contribution is 0.0696. The summed E-state index contributed by atoms with van der Waals surface area (Å²) in [5.41, 5.74) is 0.372. The van der Waals surface area contributed by atoms with Gasteiger partial charge in [-0.2, -0.15) is 60.7 Å². The van der Waals surface area contributed by atoms with Crippen LogP contribution in [0.5, 0.6) is 6.01 Å². The number of carbonyl (C=O) groups is 2. The predicted octanol–water partition coefficient (Wildman–Crippen LogP) is 6.18. The first-order chi connectivity index (χ1) is 27.6. The molecule has 0 spiro atoms. The van der Waals surface area contributed by atoms with Gasteiger partial charge in [0.15, 0.2) is 0 Å². The molecule has 0 aliphatic carbocycles. The molecule has 5 aromatic carbocycles. The SMILES string of the molecule is O=C(O)c1cc(/N=N/c2ccc(Nc3nc(O)nc(Nc4ccc(/N=N/c5cc(S(=O)(=O)O)c6cc(S(=O)(=O)O)cc(S(=O)(=O)O)c6c5)cc4)n3)cc2)cc(C(=O)O)c1. The second-order valence-electron chi connectivity index (χ2n) is 11.8. The highest BCUT2D eigenvalue weighted by atomic mass is 32.2. The van der Waals surface area contributed by atoms with Crippen LogP contribution in [0.2, 0.25) is 0 Å². The van der Waals surface area contributed by atoms with Crippen molar-refractivity contribution >= 4 is 99.1 Å². The van der Waals surface area contributed by atoms with Crippen molar-refractivity contribution in [2.75, 3.05) is 10.6 Å². The zero-order valence-electron chi connectivity index (χ0n) is 29.0. The zero-order valence-corrected chi connectivity index (χ0v) is 31.4. The van der Waals surface area contributed by atoms with Gasteiger partial charge < -0.3 is 26.0 Å². The lowest BCUT2D eigenvalue weighted by Gasteiger charge is -2.11. The third-order valence-corrected chi connectivity index (χ3v) is 10.3. The smallest absolute Gasteiger partial charge is 0.335 e. The molecular formula is C33H23N9O14S3. The number of aromatic carboxylic acids is 2. The van der Waals surface area contributed by atoms with Crippen molar-refractivity contribution in [1.82, 2.24) is 15.0 Å². The van der Waals surface area contributed by atoms with Gasteiger partial charge in [0, 0.05) is 22.1 Å². The Hall–Kier alpha value is -7.36. The monoisotopic (exact) mass is 865 g/mol. The summed E-state index contributed by atoms with van der Waals surface area (Å²) >= 11 is 0. The second-order valence-corrected chi connectivity index (χ2v) is 16.0. The van der Waals surface area contributed by atoms with E-state index in [-0.39, 0.29) is 40.1 Å². The number of carboxylic acid groups (broad SMARTS) is 2. The molecule has 0 fully saturated rings. The minimum absolute atomic E-state index is 0.00390. The lowest BCUT2D eigenvalue weighted by atomic mass is 10.1. The molecule has 59 heavy (non-hydrogen) atoms. The van der Waals surface area contributed by atoms with E-state index in [9.17, 15) is 63.8 Å². The number of carboxylic acids is 2. The molecule has 8 N–H and O–H groups in total. The van der Waals surface area contributed by atoms with E-state index in [1.54, 1.807) is 12.1 Å². The van der Waals surface area contributed by atoms with Gasteiger partial charge in [0.2, 0.25) is 11.9 Å². The number of nitrogens with zero attached hydrogens (tertiary/aromatic N) is 7. The van der Waals surface area contributed by atoms with Crippen molar-refractivity contribution in [1.29, 1.82) is 0 Å². The molecule has 23 nitrogen and oxygen atoms in total. The van der Waals surface area contributed by atoms with Crippen LogP contribution in [-0.2, 0) is 30.4 Å². The van der Waals surface area contributed by atoms with Gasteiger partial charge in [-0.05, 0) is 91.0 Å². The van der Waals surface area contributed by atoms with Crippen molar-refractivity contribution in [2.24, 2.45) is 20.5 Å². The average molecular weight is 866 g/mol. The molecule has 0 saturated heterocycles. The van der Waals surface area contributed by atoms with Crippen molar-refractivity contribution in [3.8, 4) is 6.01 Å². The maximum atomic E-state index is 12.2. The first-order valence-corrected chi connectivity index (χ1v) is 20.1. The van der Waals surface area contributed by atoms with Crippen LogP contribution in [0.4, 0.5) is 46.0 Å². The molecule has 0 radical (unpaired) electrons. The summed E-state index contributed by atoms with van der Waals surface area (Å²) in [6.07, 6.45) is 0. The first-order valence-electron chi connectivity index (χ1n) is 15.8. The van der Waals surface area contributed by atoms with Gasteiger partial charge in [0.25, 0.3) is 30.4 Å². The Kier molecular flexibility index (Phi) is 11.1. The standard InChI is InChI=1S/C33H23N9O14S3/c43-29(44)16-9-17(30(45)46)11-22(10-16)41-39-20-5-1-18(2-6-20)34-31-36-32(38-33(47)37-31)35-19-3-7-21(8-4-19)40-42-23-12-25-26(27(13-23)58(51,52)53)14-24(57(48,49)50)15-28(25)59(54,55)56/h1-15H,(H,43,44)(H,45,46)(H,48,49,50)(H,51,52,53)(H,54,55,56)(H3,34,35,36,37,38,47)/b41-39+,42-40+. The number of nitrogens with one attached hydrogen (secondary N) is 2. The first kappa shape index (κ1) is 41.3. The van der Waals surface area contributed by atoms with Crippen molar-refractivity contribution < 1.29 is 63.8 Å². The van der Waals surface area contributed by atoms with Gasteiger partial charge in [-0.3, -0.25) is 13.7 Å². The van der Waals surface area contributed by atoms with Crippen LogP contribution in [0.3, 0.4) is 0 Å². The number of hydrogen-bond donors (Lipinski definition) is 8. The van der Waals surface area contributed by atoms with Gasteiger partial charge >= 0.3 is 17.9 Å². The number of azo groups is 2. The van der Waals surface area contributed by atoms with Gasteiger partial charge in [-0.1, -0.05) is 0 Å². The van der Waals surface area contributed by atoms with Crippen LogP contribution in [0.1, 0.15) is 20.7 Å². The van der Waals surface area contributed by atoms with E-state index in [2.05, 4.69) is 46.0 Å². The summed E-state index contributed by atoms with van der Waals surface area (Å²) in [7, 11) is -15.5. The predicted molar refractivity (Wildman–Crippen MR) is 203 cm³/mol. The molecule has 6 rings (SSSR count). The summed E-state index contributed by atoms with van der Waals surface area (Å²) in [4.78, 5) is 31.4. The molecule has 0 aliphatic rings. The topological polar surface area (TPSA) is 370 Å². The lowest BCUT2D eigenvalue weighted by Crippen LogP contribution is -2.07. The molecule has 302 valence electrons. The number of aromatic nitrogens is 3. The van der Waals surface area contributed by atoms with Crippen molar-refractivity contribution in [3.05, 3.63) is 102 Å². The Labute approximate surface area is 330 Å². The summed E-state index contributed by atoms with van der Waals surface area (Å²) < 4.78 is 101. The molecule has 0 atom stereocenters. The van der Waals surface area contributed by atoms with Crippen LogP contribution in [-0.4, -0.2) is 81.1 Å². The Morgan fingerprint density at radius 1 is 0.492 bits per heavy atom. The fourth-order valence-electron chi connectivity index (χ4n) is 5.09. The largest absolute Gasteiger partial charge is 0.479 e. The van der Waals surface area contributed by atoms with E-state index in [4.69, 9.17) is 0 Å². The van der Waals surface area contributed by atoms with Crippen molar-refractivity contribution in [3.63, 3.8) is 0 Å². The molecule has 1 aromatic heterocycles. The highest BCUT2D eigenvalue weighted by molar-refractivity contribution is 7.87. The molecule has 0 saturated carbocycles. The van der Waals surface area contributed by atoms with Gasteiger partial charge in [0.1, 0.15) is 9.79 Å². The van der Waals surface area contributed by atoms with Crippen LogP contribution < -0.4 is 10.6 Å². The normalized spacial score (nSPS) is 12.3. The summed E-state index contributed by atoms with van der Waals surface area (Å²) in [6, 6.07) is 17.3. The van der Waals surface area contributed by atoms with Gasteiger partial charge in [0.05, 0.1) is 38.8 Å². The number of rotatable bonds is 13. The highest BCUT2D eigenvalue weighted by Crippen LogP contribution is 2.36. The van der Waals surface area contributed by atoms with Crippen LogP contribution in [0.15, 0.2) is 126 Å². The average Bonchev–Trinajstić information content (AvgIpc) is 3.15. The zero-order chi connectivity index (χ0) is 42.9. The Morgan fingerprint density at radius 3 is 1.32 bits per heavy atom. The number of anilines is 4. The fraction of sp³-hybridized carbons (Fsp3) is 0. The number of fused-ring (bicyclic) bond motifs is 1. The highest BCUT2D eigenvalue weighted by Gasteiger charge is 2.25. The van der Waals surface area contributed by atoms with Gasteiger partial charge in [-0.25, -0.2) is 9.59 Å². The Bertz CT molecular complexity index is 3060. The molecule has 1 heterocycles. The van der Waals surface area contributed by atoms with E-state index < -0.39 is 73.8 Å². The van der Waals surface area contributed by atoms with Crippen LogP contribution in [0.25, 0.3) is 10.8 Å². The third-order valence-electron chi connectivity index (χ3n) is 7.65. The molecule has 0 bridgehead atoms. The molecule has 0 aliphatic heterocycles. The minimum atomic E-state index is -5.23. The molecule has 0 amide bonds. The van der Waals surface area contributed by atoms with Gasteiger partial charge in [-0.15, -0.1) is 0 Å². The number of hydrogen-bond acceptors (Lipinski definition) is 18. The number of aromatic hydroxyl groups is 1. The second kappa shape index (κ2) is 15.9. The Balaban J connectivity index is 1.17. The number of benzene rings is 5. The third kappa shape index (κ3) is 10.2. The minimum Gasteiger partial charge on any atom is -0.479 e. The van der Waals surface area contributed by atoms with Crippen LogP contribution >= 0.6 is 0 Å². The van der Waals surface area contributed by atoms with Crippen molar-refractivity contribution in [2.45, 2.75) is 14.7 Å². The van der Waals surface area contributed by atoms with E-state index in [1.807, 2.05) is 0 Å². The van der Waals surface area contributed by atoms with Crippen LogP contribution in [0, 0.1) is 0 Å². The van der Waals surface area contributed by atoms with E-state index in [0.717, 1.165) is 30.3 Å². The molecular weight excluding hydrogens is 843 g/mol. The maximum absolute atomic E-state index is 12.2. The van der Waals surface area contributed by atoms with E-state index in [0.29, 0.717) is 29.2 Å². The quantitative estimate of drug-likeness (QED) is 0.0474. The van der Waals surface area contributed by atoms with E-state index in [1.165, 1.54) is 36.4 Å². The van der Waals surface area contributed by atoms with E-state index >= 15 is 0 Å². The summed E-state index contributed by atoms with van der Waals surface area (Å²) in [5.74, 6) is -2.87. The molecule has 0 unspecified atom stereocenters. The maximum Gasteiger partial charge on any atom is 0.335 e. The molecule has 6 aromatic rings.